The van der Waals surface area contributed by atoms with E-state index in [0.717, 1.165) is 22.4 Å². The van der Waals surface area contributed by atoms with Gasteiger partial charge in [0.2, 0.25) is 0 Å². The number of fused-ring (bicyclic) bond motifs is 1. The number of para-hydroxylation sites is 1. The van der Waals surface area contributed by atoms with Crippen LogP contribution in [0.3, 0.4) is 0 Å². The Labute approximate surface area is 163 Å². The third-order valence-electron chi connectivity index (χ3n) is 4.96. The first kappa shape index (κ1) is 17.8. The van der Waals surface area contributed by atoms with Gasteiger partial charge in [0.15, 0.2) is 0 Å². The zero-order chi connectivity index (χ0) is 19.7. The highest BCUT2D eigenvalue weighted by molar-refractivity contribution is 6.01. The molecule has 0 radical (unpaired) electrons. The minimum atomic E-state index is -1.22. The van der Waals surface area contributed by atoms with Crippen LogP contribution in [0, 0.1) is 6.92 Å². The van der Waals surface area contributed by atoms with E-state index in [1.165, 1.54) is 12.1 Å². The van der Waals surface area contributed by atoms with Gasteiger partial charge < -0.3 is 20.1 Å². The van der Waals surface area contributed by atoms with Gasteiger partial charge in [0, 0.05) is 12.2 Å². The van der Waals surface area contributed by atoms with Gasteiger partial charge in [-0.3, -0.25) is 4.79 Å². The van der Waals surface area contributed by atoms with Crippen molar-refractivity contribution in [1.82, 2.24) is 4.90 Å². The summed E-state index contributed by atoms with van der Waals surface area (Å²) in [4.78, 5) is 26.0. The molecule has 4 rings (SSSR count). The summed E-state index contributed by atoms with van der Waals surface area (Å²) in [5, 5.41) is 14.5. The number of aryl methyl sites for hydroxylation is 1. The van der Waals surface area contributed by atoms with Crippen LogP contribution >= 0.6 is 0 Å². The molecular weight excluding hydrogens is 352 g/mol. The van der Waals surface area contributed by atoms with Crippen LogP contribution in [0.25, 0.3) is 0 Å². The van der Waals surface area contributed by atoms with E-state index in [0.29, 0.717) is 12.1 Å². The van der Waals surface area contributed by atoms with E-state index in [-0.39, 0.29) is 11.5 Å². The Kier molecular flexibility index (Phi) is 4.57. The van der Waals surface area contributed by atoms with Crippen LogP contribution < -0.4 is 10.4 Å². The zero-order valence-corrected chi connectivity index (χ0v) is 15.4. The molecule has 1 amide bonds. The van der Waals surface area contributed by atoms with Gasteiger partial charge in [-0.25, -0.2) is 0 Å². The number of carboxylic acids is 1. The number of amides is 1. The number of benzene rings is 3. The van der Waals surface area contributed by atoms with E-state index in [2.05, 4.69) is 5.32 Å². The standard InChI is InChI=1S/C23H20N2O3/c1-15-6-8-16(9-7-15)14-25-21(17-10-12-18(13-11-17)23(27)28)24-20-5-3-2-4-19(20)22(25)26/h2-13,21,24H,14H2,1H3,(H,27,28)/p-1/t21-/m0/s1. The van der Waals surface area contributed by atoms with Crippen molar-refractivity contribution in [1.29, 1.82) is 0 Å². The Morgan fingerprint density at radius 3 is 2.36 bits per heavy atom. The van der Waals surface area contributed by atoms with Crippen molar-refractivity contribution in [2.45, 2.75) is 19.6 Å². The van der Waals surface area contributed by atoms with Gasteiger partial charge in [0.05, 0.1) is 11.5 Å². The lowest BCUT2D eigenvalue weighted by Gasteiger charge is -2.38. The molecule has 0 saturated heterocycles. The molecule has 1 heterocycles. The Hall–Kier alpha value is -3.60. The first-order valence-electron chi connectivity index (χ1n) is 9.06. The van der Waals surface area contributed by atoms with Gasteiger partial charge in [0.1, 0.15) is 6.17 Å². The minimum Gasteiger partial charge on any atom is -0.545 e. The summed E-state index contributed by atoms with van der Waals surface area (Å²) in [6.07, 6.45) is -0.403. The third kappa shape index (κ3) is 3.34. The summed E-state index contributed by atoms with van der Waals surface area (Å²) in [5.41, 5.74) is 4.48. The molecule has 0 aliphatic carbocycles. The molecular formula is C23H19N2O3-. The van der Waals surface area contributed by atoms with Crippen LogP contribution in [0.4, 0.5) is 5.69 Å². The summed E-state index contributed by atoms with van der Waals surface area (Å²) < 4.78 is 0. The fourth-order valence-corrected chi connectivity index (χ4v) is 3.41. The fraction of sp³-hybridized carbons (Fsp3) is 0.130. The maximum Gasteiger partial charge on any atom is 0.258 e. The van der Waals surface area contributed by atoms with Crippen LogP contribution in [-0.4, -0.2) is 16.8 Å². The number of carboxylic acid groups (broad SMARTS) is 1. The number of anilines is 1. The molecule has 5 heteroatoms. The van der Waals surface area contributed by atoms with E-state index in [1.807, 2.05) is 55.5 Å². The normalized spacial score (nSPS) is 15.7. The lowest BCUT2D eigenvalue weighted by Crippen LogP contribution is -2.42. The van der Waals surface area contributed by atoms with E-state index >= 15 is 0 Å². The molecule has 0 spiro atoms. The van der Waals surface area contributed by atoms with Gasteiger partial charge >= 0.3 is 0 Å². The number of rotatable bonds is 4. The van der Waals surface area contributed by atoms with Crippen LogP contribution in [0.5, 0.6) is 0 Å². The third-order valence-corrected chi connectivity index (χ3v) is 4.96. The molecule has 140 valence electrons. The van der Waals surface area contributed by atoms with Crippen molar-refractivity contribution in [3.63, 3.8) is 0 Å². The molecule has 1 aliphatic rings. The Morgan fingerprint density at radius 1 is 1.00 bits per heavy atom. The molecule has 3 aromatic carbocycles. The molecule has 1 aliphatic heterocycles. The summed E-state index contributed by atoms with van der Waals surface area (Å²) >= 11 is 0. The predicted molar refractivity (Wildman–Crippen MR) is 105 cm³/mol. The zero-order valence-electron chi connectivity index (χ0n) is 15.4. The van der Waals surface area contributed by atoms with Crippen LogP contribution in [0.2, 0.25) is 0 Å². The summed E-state index contributed by atoms with van der Waals surface area (Å²) in [7, 11) is 0. The highest BCUT2D eigenvalue weighted by atomic mass is 16.4. The van der Waals surface area contributed by atoms with E-state index in [1.54, 1.807) is 17.0 Å². The lowest BCUT2D eigenvalue weighted by molar-refractivity contribution is -0.255. The minimum absolute atomic E-state index is 0.0658. The molecule has 0 saturated carbocycles. The number of carbonyl (C=O) groups excluding carboxylic acids is 2. The number of carbonyl (C=O) groups is 2. The first-order valence-corrected chi connectivity index (χ1v) is 9.06. The average molecular weight is 371 g/mol. The fourth-order valence-electron chi connectivity index (χ4n) is 3.41. The second-order valence-electron chi connectivity index (χ2n) is 6.92. The summed E-state index contributed by atoms with van der Waals surface area (Å²) in [5.74, 6) is -1.29. The van der Waals surface area contributed by atoms with Gasteiger partial charge in [-0.1, -0.05) is 66.2 Å². The molecule has 0 fully saturated rings. The number of aromatic carboxylic acids is 1. The van der Waals surface area contributed by atoms with Crippen molar-refractivity contribution >= 4 is 17.6 Å². The second-order valence-corrected chi connectivity index (χ2v) is 6.92. The number of nitrogens with one attached hydrogen (secondary N) is 1. The van der Waals surface area contributed by atoms with Gasteiger partial charge in [0.25, 0.3) is 5.91 Å². The van der Waals surface area contributed by atoms with Gasteiger partial charge in [-0.05, 0) is 35.7 Å². The number of nitrogens with zero attached hydrogens (tertiary/aromatic N) is 1. The molecule has 0 unspecified atom stereocenters. The second kappa shape index (κ2) is 7.19. The average Bonchev–Trinajstić information content (AvgIpc) is 2.71. The van der Waals surface area contributed by atoms with E-state index in [4.69, 9.17) is 0 Å². The molecule has 1 N–H and O–H groups in total. The highest BCUT2D eigenvalue weighted by Crippen LogP contribution is 2.34. The van der Waals surface area contributed by atoms with Crippen molar-refractivity contribution in [3.8, 4) is 0 Å². The quantitative estimate of drug-likeness (QED) is 0.765. The Bertz CT molecular complexity index is 1030. The number of hydrogen-bond donors (Lipinski definition) is 1. The smallest absolute Gasteiger partial charge is 0.258 e. The molecule has 28 heavy (non-hydrogen) atoms. The van der Waals surface area contributed by atoms with Crippen LogP contribution in [-0.2, 0) is 6.54 Å². The Balaban J connectivity index is 1.73. The molecule has 0 bridgehead atoms. The summed E-state index contributed by atoms with van der Waals surface area (Å²) in [6, 6.07) is 21.9. The van der Waals surface area contributed by atoms with Crippen LogP contribution in [0.1, 0.15) is 43.6 Å². The van der Waals surface area contributed by atoms with Crippen molar-refractivity contribution in [3.05, 3.63) is 101 Å². The molecule has 5 nitrogen and oxygen atoms in total. The van der Waals surface area contributed by atoms with Crippen LogP contribution in [0.15, 0.2) is 72.8 Å². The van der Waals surface area contributed by atoms with E-state index < -0.39 is 12.1 Å². The molecule has 1 atom stereocenters. The van der Waals surface area contributed by atoms with Gasteiger partial charge in [-0.2, -0.15) is 0 Å². The van der Waals surface area contributed by atoms with E-state index in [9.17, 15) is 14.7 Å². The summed E-state index contributed by atoms with van der Waals surface area (Å²) in [6.45, 7) is 2.46. The number of hydrogen-bond acceptors (Lipinski definition) is 4. The maximum absolute atomic E-state index is 13.2. The van der Waals surface area contributed by atoms with Crippen molar-refractivity contribution in [2.24, 2.45) is 0 Å². The molecule has 0 aromatic heterocycles. The topological polar surface area (TPSA) is 72.5 Å². The van der Waals surface area contributed by atoms with Gasteiger partial charge in [-0.15, -0.1) is 0 Å². The highest BCUT2D eigenvalue weighted by Gasteiger charge is 2.32. The largest absolute Gasteiger partial charge is 0.545 e. The predicted octanol–water partition coefficient (Wildman–Crippen LogP) is 3.13. The van der Waals surface area contributed by atoms with Crippen molar-refractivity contribution < 1.29 is 14.7 Å². The van der Waals surface area contributed by atoms with Crippen molar-refractivity contribution in [2.75, 3.05) is 5.32 Å². The first-order chi connectivity index (χ1) is 13.5. The Morgan fingerprint density at radius 2 is 1.68 bits per heavy atom. The lowest BCUT2D eigenvalue weighted by atomic mass is 10.0. The monoisotopic (exact) mass is 371 g/mol. The SMILES string of the molecule is Cc1ccc(CN2C(=O)c3ccccc3N[C@@H]2c2ccc(C(=O)[O-])cc2)cc1. The molecule has 3 aromatic rings. The maximum atomic E-state index is 13.2.